The molecule has 124 valence electrons. The van der Waals surface area contributed by atoms with Crippen LogP contribution < -0.4 is 5.69 Å². The average Bonchev–Trinajstić information content (AvgIpc) is 2.97. The van der Waals surface area contributed by atoms with E-state index in [1.165, 1.54) is 0 Å². The van der Waals surface area contributed by atoms with Crippen LogP contribution >= 0.6 is 19.4 Å². The van der Waals surface area contributed by atoms with Crippen LogP contribution in [0, 0.1) is 0 Å². The molecule has 2 aliphatic rings. The van der Waals surface area contributed by atoms with Crippen LogP contribution in [0.4, 0.5) is 0 Å². The van der Waals surface area contributed by atoms with Crippen molar-refractivity contribution in [3.05, 3.63) is 22.0 Å². The van der Waals surface area contributed by atoms with E-state index in [0.717, 1.165) is 10.9 Å². The predicted octanol–water partition coefficient (Wildman–Crippen LogP) is -0.453. The summed E-state index contributed by atoms with van der Waals surface area (Å²) in [7, 11) is -4.25. The van der Waals surface area contributed by atoms with Crippen molar-refractivity contribution in [1.82, 2.24) is 19.5 Å². The molecule has 0 aliphatic carbocycles. The molecule has 13 heteroatoms. The molecule has 5 atom stereocenters. The van der Waals surface area contributed by atoms with Gasteiger partial charge in [0.15, 0.2) is 17.0 Å². The lowest BCUT2D eigenvalue weighted by Crippen LogP contribution is -2.39. The molecule has 1 unspecified atom stereocenters. The third-order valence-electron chi connectivity index (χ3n) is 3.68. The Morgan fingerprint density at radius 1 is 1.48 bits per heavy atom. The SMILES string of the molecule is O=c1[nH]c2c(Cl)ncnc2n1[C@@H]1O[C@@H]2COP(=O)(O)O[C@H]2[C@H]1O. The molecule has 0 radical (unpaired) electrons. The lowest BCUT2D eigenvalue weighted by Gasteiger charge is -2.27. The van der Waals surface area contributed by atoms with E-state index < -0.39 is 38.1 Å². The third-order valence-corrected chi connectivity index (χ3v) is 4.95. The van der Waals surface area contributed by atoms with Gasteiger partial charge < -0.3 is 19.7 Å². The van der Waals surface area contributed by atoms with E-state index in [1.54, 1.807) is 0 Å². The second kappa shape index (κ2) is 5.08. The first-order valence-electron chi connectivity index (χ1n) is 6.47. The summed E-state index contributed by atoms with van der Waals surface area (Å²) < 4.78 is 27.6. The fraction of sp³-hybridized carbons (Fsp3) is 0.500. The summed E-state index contributed by atoms with van der Waals surface area (Å²) in [5.74, 6) is 0. The lowest BCUT2D eigenvalue weighted by molar-refractivity contribution is -0.0671. The van der Waals surface area contributed by atoms with Crippen molar-refractivity contribution in [2.24, 2.45) is 0 Å². The number of fused-ring (bicyclic) bond motifs is 2. The number of aromatic amines is 1. The van der Waals surface area contributed by atoms with Gasteiger partial charge in [-0.05, 0) is 0 Å². The summed E-state index contributed by atoms with van der Waals surface area (Å²) in [6.45, 7) is -0.251. The van der Waals surface area contributed by atoms with Gasteiger partial charge in [-0.2, -0.15) is 0 Å². The van der Waals surface area contributed by atoms with Crippen molar-refractivity contribution in [2.45, 2.75) is 24.5 Å². The second-order valence-electron chi connectivity index (χ2n) is 5.05. The van der Waals surface area contributed by atoms with Crippen LogP contribution in [0.15, 0.2) is 11.1 Å². The lowest BCUT2D eigenvalue weighted by atomic mass is 10.1. The van der Waals surface area contributed by atoms with Gasteiger partial charge in [-0.15, -0.1) is 0 Å². The van der Waals surface area contributed by atoms with Crippen LogP contribution in [-0.4, -0.2) is 54.4 Å². The number of halogens is 1. The maximum absolute atomic E-state index is 12.2. The quantitative estimate of drug-likeness (QED) is 0.451. The molecule has 2 aromatic heterocycles. The van der Waals surface area contributed by atoms with Crippen LogP contribution in [-0.2, 0) is 18.3 Å². The highest BCUT2D eigenvalue weighted by Crippen LogP contribution is 2.52. The van der Waals surface area contributed by atoms with E-state index in [9.17, 15) is 19.4 Å². The van der Waals surface area contributed by atoms with E-state index in [1.807, 2.05) is 0 Å². The molecular weight excluding hydrogens is 355 g/mol. The van der Waals surface area contributed by atoms with Crippen LogP contribution in [0.25, 0.3) is 11.2 Å². The molecule has 11 nitrogen and oxygen atoms in total. The molecular formula is C10H10ClN4O7P. The molecule has 0 aromatic carbocycles. The Labute approximate surface area is 132 Å². The molecule has 23 heavy (non-hydrogen) atoms. The maximum Gasteiger partial charge on any atom is 0.472 e. The summed E-state index contributed by atoms with van der Waals surface area (Å²) in [4.78, 5) is 31.7. The van der Waals surface area contributed by atoms with Gasteiger partial charge in [-0.25, -0.2) is 23.9 Å². The summed E-state index contributed by atoms with van der Waals surface area (Å²) >= 11 is 5.89. The number of rotatable bonds is 1. The van der Waals surface area contributed by atoms with Gasteiger partial charge in [-0.3, -0.25) is 9.05 Å². The number of ether oxygens (including phenoxy) is 1. The van der Waals surface area contributed by atoms with Gasteiger partial charge in [0.25, 0.3) is 0 Å². The Hall–Kier alpha value is -1.33. The van der Waals surface area contributed by atoms with Gasteiger partial charge in [0.2, 0.25) is 0 Å². The van der Waals surface area contributed by atoms with Gasteiger partial charge in [0.05, 0.1) is 6.61 Å². The topological polar surface area (TPSA) is 149 Å². The smallest absolute Gasteiger partial charge is 0.386 e. The molecule has 0 spiro atoms. The van der Waals surface area contributed by atoms with Crippen LogP contribution in [0.5, 0.6) is 0 Å². The number of nitrogens with zero attached hydrogens (tertiary/aromatic N) is 3. The number of aliphatic hydroxyl groups is 1. The Morgan fingerprint density at radius 2 is 2.26 bits per heavy atom. The Kier molecular flexibility index (Phi) is 3.36. The van der Waals surface area contributed by atoms with Crippen molar-refractivity contribution in [3.63, 3.8) is 0 Å². The zero-order valence-electron chi connectivity index (χ0n) is 11.2. The normalized spacial score (nSPS) is 37.2. The molecule has 2 aromatic rings. The van der Waals surface area contributed by atoms with E-state index in [-0.39, 0.29) is 22.9 Å². The number of hydrogen-bond donors (Lipinski definition) is 3. The molecule has 0 saturated carbocycles. The molecule has 3 N–H and O–H groups in total. The van der Waals surface area contributed by atoms with E-state index >= 15 is 0 Å². The number of aliphatic hydroxyl groups excluding tert-OH is 1. The number of aromatic nitrogens is 4. The number of nitrogens with one attached hydrogen (secondary N) is 1. The highest BCUT2D eigenvalue weighted by molar-refractivity contribution is 7.47. The minimum atomic E-state index is -4.25. The van der Waals surface area contributed by atoms with Crippen molar-refractivity contribution in [1.29, 1.82) is 0 Å². The summed E-state index contributed by atoms with van der Waals surface area (Å²) in [5, 5.41) is 10.4. The summed E-state index contributed by atoms with van der Waals surface area (Å²) in [5.41, 5.74) is -0.307. The number of phosphoric ester groups is 1. The number of H-pyrrole nitrogens is 1. The molecule has 0 amide bonds. The minimum absolute atomic E-state index is 0.0372. The second-order valence-corrected chi connectivity index (χ2v) is 6.82. The fourth-order valence-corrected chi connectivity index (χ4v) is 3.83. The molecule has 4 rings (SSSR count). The van der Waals surface area contributed by atoms with E-state index in [0.29, 0.717) is 0 Å². The standard InChI is InChI=1S/C10H10ClN4O7P/c11-7-4-8(13-2-12-7)15(10(17)14-4)9-5(16)6-3(21-9)1-20-23(18,19)22-6/h2-3,5-6,9,16H,1H2,(H,14,17)(H,18,19)/t3-,5-,6-,9-/m1/s1. The zero-order valence-corrected chi connectivity index (χ0v) is 12.8. The van der Waals surface area contributed by atoms with Crippen LogP contribution in [0.2, 0.25) is 5.15 Å². The van der Waals surface area contributed by atoms with Gasteiger partial charge >= 0.3 is 13.5 Å². The number of imidazole rings is 1. The van der Waals surface area contributed by atoms with Crippen LogP contribution in [0.3, 0.4) is 0 Å². The van der Waals surface area contributed by atoms with Crippen molar-refractivity contribution in [3.8, 4) is 0 Å². The zero-order chi connectivity index (χ0) is 16.4. The highest BCUT2D eigenvalue weighted by Gasteiger charge is 2.53. The molecule has 2 aliphatic heterocycles. The minimum Gasteiger partial charge on any atom is -0.386 e. The fourth-order valence-electron chi connectivity index (χ4n) is 2.69. The first-order chi connectivity index (χ1) is 10.9. The van der Waals surface area contributed by atoms with Crippen LogP contribution in [0.1, 0.15) is 6.23 Å². The Morgan fingerprint density at radius 3 is 3.04 bits per heavy atom. The molecule has 2 saturated heterocycles. The Balaban J connectivity index is 1.78. The molecule has 0 bridgehead atoms. The number of hydrogen-bond acceptors (Lipinski definition) is 8. The third kappa shape index (κ3) is 2.32. The first kappa shape index (κ1) is 15.2. The van der Waals surface area contributed by atoms with Gasteiger partial charge in [0, 0.05) is 0 Å². The number of phosphoric acid groups is 1. The average molecular weight is 365 g/mol. The summed E-state index contributed by atoms with van der Waals surface area (Å²) in [6.07, 6.45) is -3.32. The van der Waals surface area contributed by atoms with Gasteiger partial charge in [-0.1, -0.05) is 11.6 Å². The summed E-state index contributed by atoms with van der Waals surface area (Å²) in [6, 6.07) is 0. The molecule has 2 fully saturated rings. The predicted molar refractivity (Wildman–Crippen MR) is 73.7 cm³/mol. The van der Waals surface area contributed by atoms with E-state index in [2.05, 4.69) is 19.5 Å². The van der Waals surface area contributed by atoms with Crippen molar-refractivity contribution >= 4 is 30.6 Å². The highest BCUT2D eigenvalue weighted by atomic mass is 35.5. The maximum atomic E-state index is 12.2. The largest absolute Gasteiger partial charge is 0.472 e. The monoisotopic (exact) mass is 364 g/mol. The van der Waals surface area contributed by atoms with E-state index in [4.69, 9.17) is 20.9 Å². The van der Waals surface area contributed by atoms with Gasteiger partial charge in [0.1, 0.15) is 30.2 Å². The first-order valence-corrected chi connectivity index (χ1v) is 8.35. The van der Waals surface area contributed by atoms with Crippen molar-refractivity contribution in [2.75, 3.05) is 6.61 Å². The van der Waals surface area contributed by atoms with Crippen molar-refractivity contribution < 1.29 is 28.3 Å². The molecule has 4 heterocycles. The Bertz CT molecular complexity index is 884.